The predicted octanol–water partition coefficient (Wildman–Crippen LogP) is 3.30. The van der Waals surface area contributed by atoms with Crippen LogP contribution < -0.4 is 9.62 Å². The Morgan fingerprint density at radius 1 is 0.971 bits per heavy atom. The molecular weight excluding hydrogens is 450 g/mol. The SMILES string of the molecule is Cc1cccc(N(CC(=O)N(CCc2ccccc2)C(C)C(=O)NCC(C)C)S(C)(=O)=O)c1C. The van der Waals surface area contributed by atoms with Crippen molar-refractivity contribution in [3.05, 3.63) is 65.2 Å². The molecule has 0 heterocycles. The lowest BCUT2D eigenvalue weighted by Gasteiger charge is -2.32. The number of carbonyl (C=O) groups excluding carboxylic acids is 2. The molecule has 2 rings (SSSR count). The van der Waals surface area contributed by atoms with Crippen LogP contribution in [0.3, 0.4) is 0 Å². The van der Waals surface area contributed by atoms with Crippen molar-refractivity contribution in [2.45, 2.75) is 47.1 Å². The maximum atomic E-state index is 13.5. The van der Waals surface area contributed by atoms with Crippen molar-refractivity contribution in [2.75, 3.05) is 30.2 Å². The molecule has 1 atom stereocenters. The molecule has 0 saturated carbocycles. The average Bonchev–Trinajstić information content (AvgIpc) is 2.77. The summed E-state index contributed by atoms with van der Waals surface area (Å²) in [5.74, 6) is -0.406. The number of aryl methyl sites for hydroxylation is 1. The van der Waals surface area contributed by atoms with Crippen LogP contribution in [0.1, 0.15) is 37.5 Å². The van der Waals surface area contributed by atoms with E-state index in [2.05, 4.69) is 5.32 Å². The highest BCUT2D eigenvalue weighted by Gasteiger charge is 2.30. The van der Waals surface area contributed by atoms with Gasteiger partial charge in [0.25, 0.3) is 0 Å². The van der Waals surface area contributed by atoms with Crippen molar-refractivity contribution in [1.82, 2.24) is 10.2 Å². The molecule has 0 aliphatic carbocycles. The number of hydrogen-bond donors (Lipinski definition) is 1. The van der Waals surface area contributed by atoms with Gasteiger partial charge in [-0.25, -0.2) is 8.42 Å². The minimum atomic E-state index is -3.74. The van der Waals surface area contributed by atoms with E-state index in [1.165, 1.54) is 4.90 Å². The highest BCUT2D eigenvalue weighted by atomic mass is 32.2. The van der Waals surface area contributed by atoms with Crippen LogP contribution in [0, 0.1) is 19.8 Å². The molecule has 34 heavy (non-hydrogen) atoms. The lowest BCUT2D eigenvalue weighted by Crippen LogP contribution is -2.52. The Labute approximate surface area is 204 Å². The van der Waals surface area contributed by atoms with Gasteiger partial charge in [-0.15, -0.1) is 0 Å². The molecule has 0 radical (unpaired) electrons. The van der Waals surface area contributed by atoms with Crippen molar-refractivity contribution < 1.29 is 18.0 Å². The molecule has 8 heteroatoms. The van der Waals surface area contributed by atoms with Crippen molar-refractivity contribution in [3.63, 3.8) is 0 Å². The minimum Gasteiger partial charge on any atom is -0.354 e. The Hall–Kier alpha value is -2.87. The van der Waals surface area contributed by atoms with Crippen LogP contribution in [0.2, 0.25) is 0 Å². The number of nitrogens with one attached hydrogen (secondary N) is 1. The van der Waals surface area contributed by atoms with Crippen molar-refractivity contribution in [1.29, 1.82) is 0 Å². The van der Waals surface area contributed by atoms with E-state index in [1.807, 2.05) is 64.1 Å². The van der Waals surface area contributed by atoms with Crippen LogP contribution in [-0.2, 0) is 26.0 Å². The summed E-state index contributed by atoms with van der Waals surface area (Å²) in [6.07, 6.45) is 1.64. The van der Waals surface area contributed by atoms with Gasteiger partial charge in [0, 0.05) is 13.1 Å². The molecular formula is C26H37N3O4S. The maximum Gasteiger partial charge on any atom is 0.244 e. The van der Waals surface area contributed by atoms with Gasteiger partial charge < -0.3 is 10.2 Å². The summed E-state index contributed by atoms with van der Waals surface area (Å²) < 4.78 is 26.5. The van der Waals surface area contributed by atoms with E-state index in [-0.39, 0.29) is 18.4 Å². The van der Waals surface area contributed by atoms with Gasteiger partial charge in [-0.1, -0.05) is 56.3 Å². The number of sulfonamides is 1. The van der Waals surface area contributed by atoms with Gasteiger partial charge in [-0.3, -0.25) is 13.9 Å². The summed E-state index contributed by atoms with van der Waals surface area (Å²) in [5, 5.41) is 2.88. The quantitative estimate of drug-likeness (QED) is 0.527. The van der Waals surface area contributed by atoms with Gasteiger partial charge in [0.15, 0.2) is 0 Å². The number of carbonyl (C=O) groups is 2. The van der Waals surface area contributed by atoms with E-state index in [4.69, 9.17) is 0 Å². The fourth-order valence-corrected chi connectivity index (χ4v) is 4.52. The topological polar surface area (TPSA) is 86.8 Å². The second-order valence-corrected chi connectivity index (χ2v) is 11.0. The summed E-state index contributed by atoms with van der Waals surface area (Å²) in [6, 6.07) is 14.3. The monoisotopic (exact) mass is 487 g/mol. The van der Waals surface area contributed by atoms with Crippen LogP contribution in [0.25, 0.3) is 0 Å². The smallest absolute Gasteiger partial charge is 0.244 e. The average molecular weight is 488 g/mol. The largest absolute Gasteiger partial charge is 0.354 e. The predicted molar refractivity (Wildman–Crippen MR) is 137 cm³/mol. The molecule has 0 aliphatic heterocycles. The van der Waals surface area contributed by atoms with Crippen molar-refractivity contribution in [2.24, 2.45) is 5.92 Å². The van der Waals surface area contributed by atoms with Gasteiger partial charge in [-0.05, 0) is 55.9 Å². The fraction of sp³-hybridized carbons (Fsp3) is 0.462. The zero-order chi connectivity index (χ0) is 25.5. The van der Waals surface area contributed by atoms with Gasteiger partial charge in [0.05, 0.1) is 11.9 Å². The minimum absolute atomic E-state index is 0.257. The third kappa shape index (κ3) is 7.58. The molecule has 0 fully saturated rings. The van der Waals surface area contributed by atoms with Gasteiger partial charge in [0.2, 0.25) is 21.8 Å². The second kappa shape index (κ2) is 12.0. The van der Waals surface area contributed by atoms with E-state index in [9.17, 15) is 18.0 Å². The first-order valence-electron chi connectivity index (χ1n) is 11.6. The summed E-state index contributed by atoms with van der Waals surface area (Å²) in [4.78, 5) is 27.8. The summed E-state index contributed by atoms with van der Waals surface area (Å²) in [6.45, 7) is 9.83. The summed E-state index contributed by atoms with van der Waals surface area (Å²) >= 11 is 0. The standard InChI is InChI=1S/C26H37N3O4S/c1-19(2)17-27-26(31)22(5)28(16-15-23-12-8-7-9-13-23)25(30)18-29(34(6,32)33)24-14-10-11-20(3)21(24)4/h7-14,19,22H,15-18H2,1-6H3,(H,27,31). The Kier molecular flexibility index (Phi) is 9.67. The van der Waals surface area contributed by atoms with Gasteiger partial charge >= 0.3 is 0 Å². The van der Waals surface area contributed by atoms with Gasteiger partial charge in [-0.2, -0.15) is 0 Å². The molecule has 1 N–H and O–H groups in total. The fourth-order valence-electron chi connectivity index (χ4n) is 3.62. The number of rotatable bonds is 11. The lowest BCUT2D eigenvalue weighted by atomic mass is 10.1. The van der Waals surface area contributed by atoms with E-state index >= 15 is 0 Å². The molecule has 1 unspecified atom stereocenters. The third-order valence-electron chi connectivity index (χ3n) is 5.86. The zero-order valence-corrected chi connectivity index (χ0v) is 21.9. The summed E-state index contributed by atoms with van der Waals surface area (Å²) in [7, 11) is -3.74. The first kappa shape index (κ1) is 27.4. The molecule has 2 aromatic carbocycles. The highest BCUT2D eigenvalue weighted by molar-refractivity contribution is 7.92. The molecule has 186 valence electrons. The number of amides is 2. The molecule has 0 spiro atoms. The number of hydrogen-bond acceptors (Lipinski definition) is 4. The van der Waals surface area contributed by atoms with Crippen molar-refractivity contribution in [3.8, 4) is 0 Å². The van der Waals surface area contributed by atoms with E-state index in [0.29, 0.717) is 25.2 Å². The molecule has 7 nitrogen and oxygen atoms in total. The number of anilines is 1. The van der Waals surface area contributed by atoms with E-state index in [1.54, 1.807) is 19.1 Å². The number of nitrogens with zero attached hydrogens (tertiary/aromatic N) is 2. The van der Waals surface area contributed by atoms with Crippen LogP contribution in [0.15, 0.2) is 48.5 Å². The molecule has 0 aliphatic rings. The molecule has 0 aromatic heterocycles. The summed E-state index contributed by atoms with van der Waals surface area (Å²) in [5.41, 5.74) is 3.22. The first-order chi connectivity index (χ1) is 15.9. The van der Waals surface area contributed by atoms with Gasteiger partial charge in [0.1, 0.15) is 12.6 Å². The third-order valence-corrected chi connectivity index (χ3v) is 6.99. The van der Waals surface area contributed by atoms with Crippen LogP contribution >= 0.6 is 0 Å². The molecule has 2 amide bonds. The Morgan fingerprint density at radius 3 is 2.21 bits per heavy atom. The Morgan fingerprint density at radius 2 is 1.62 bits per heavy atom. The van der Waals surface area contributed by atoms with Crippen LogP contribution in [-0.4, -0.2) is 57.1 Å². The number of benzene rings is 2. The van der Waals surface area contributed by atoms with Crippen LogP contribution in [0.4, 0.5) is 5.69 Å². The second-order valence-electron chi connectivity index (χ2n) is 9.13. The van der Waals surface area contributed by atoms with E-state index in [0.717, 1.165) is 27.3 Å². The Balaban J connectivity index is 2.33. The highest BCUT2D eigenvalue weighted by Crippen LogP contribution is 2.25. The first-order valence-corrected chi connectivity index (χ1v) is 13.4. The molecule has 0 saturated heterocycles. The molecule has 2 aromatic rings. The molecule has 0 bridgehead atoms. The lowest BCUT2D eigenvalue weighted by molar-refractivity contribution is -0.138. The van der Waals surface area contributed by atoms with E-state index < -0.39 is 22.0 Å². The normalized spacial score (nSPS) is 12.3. The Bertz CT molecular complexity index is 1080. The van der Waals surface area contributed by atoms with Crippen molar-refractivity contribution >= 4 is 27.5 Å². The maximum absolute atomic E-state index is 13.5. The van der Waals surface area contributed by atoms with Crippen LogP contribution in [0.5, 0.6) is 0 Å². The zero-order valence-electron chi connectivity index (χ0n) is 21.0.